The van der Waals surface area contributed by atoms with Gasteiger partial charge in [0.05, 0.1) is 32.6 Å². The molecular formula is C24H29NO7. The molecule has 2 unspecified atom stereocenters. The molecule has 0 spiro atoms. The smallest absolute Gasteiger partial charge is 0.341 e. The maximum absolute atomic E-state index is 12.6. The molecule has 2 aliphatic rings. The Hall–Kier alpha value is -2.84. The predicted octanol–water partition coefficient (Wildman–Crippen LogP) is 3.16. The van der Waals surface area contributed by atoms with E-state index in [1.807, 2.05) is 16.7 Å². The molecule has 2 aromatic rings. The van der Waals surface area contributed by atoms with Gasteiger partial charge in [-0.1, -0.05) is 13.8 Å². The van der Waals surface area contributed by atoms with Crippen LogP contribution in [0.25, 0.3) is 11.3 Å². The Morgan fingerprint density at radius 3 is 2.66 bits per heavy atom. The maximum Gasteiger partial charge on any atom is 0.341 e. The van der Waals surface area contributed by atoms with Crippen molar-refractivity contribution in [2.24, 2.45) is 5.41 Å². The molecule has 8 heteroatoms. The minimum Gasteiger partial charge on any atom is -0.493 e. The van der Waals surface area contributed by atoms with E-state index in [1.54, 1.807) is 14.2 Å². The largest absolute Gasteiger partial charge is 0.493 e. The number of benzene rings is 1. The molecule has 3 heterocycles. The minimum atomic E-state index is -1.24. The minimum absolute atomic E-state index is 0.0284. The first-order valence-corrected chi connectivity index (χ1v) is 10.7. The van der Waals surface area contributed by atoms with E-state index in [4.69, 9.17) is 18.9 Å². The van der Waals surface area contributed by atoms with Gasteiger partial charge in [-0.2, -0.15) is 0 Å². The second-order valence-electron chi connectivity index (χ2n) is 9.05. The number of ether oxygens (including phenoxy) is 4. The Morgan fingerprint density at radius 2 is 2.03 bits per heavy atom. The number of carboxylic acid groups (broad SMARTS) is 1. The van der Waals surface area contributed by atoms with Crippen LogP contribution in [-0.4, -0.2) is 55.8 Å². The second kappa shape index (κ2) is 8.60. The fourth-order valence-corrected chi connectivity index (χ4v) is 4.66. The van der Waals surface area contributed by atoms with Crippen molar-refractivity contribution < 1.29 is 28.8 Å². The summed E-state index contributed by atoms with van der Waals surface area (Å²) >= 11 is 0. The van der Waals surface area contributed by atoms with Gasteiger partial charge in [-0.25, -0.2) is 4.79 Å². The van der Waals surface area contributed by atoms with Crippen LogP contribution in [0.3, 0.4) is 0 Å². The third kappa shape index (κ3) is 4.00. The molecule has 8 nitrogen and oxygen atoms in total. The van der Waals surface area contributed by atoms with Gasteiger partial charge >= 0.3 is 5.97 Å². The first-order valence-electron chi connectivity index (χ1n) is 10.7. The Kier molecular flexibility index (Phi) is 6.01. The zero-order valence-corrected chi connectivity index (χ0v) is 18.8. The van der Waals surface area contributed by atoms with E-state index < -0.39 is 11.4 Å². The summed E-state index contributed by atoms with van der Waals surface area (Å²) in [6, 6.07) is 5.12. The first kappa shape index (κ1) is 22.4. The number of hydrogen-bond donors (Lipinski definition) is 1. The van der Waals surface area contributed by atoms with Crippen LogP contribution in [-0.2, 0) is 15.9 Å². The summed E-state index contributed by atoms with van der Waals surface area (Å²) in [6.45, 7) is 5.84. The lowest BCUT2D eigenvalue weighted by Gasteiger charge is -2.40. The molecule has 1 N–H and O–H groups in total. The Balaban J connectivity index is 1.88. The molecule has 1 fully saturated rings. The van der Waals surface area contributed by atoms with Gasteiger partial charge in [0.25, 0.3) is 0 Å². The zero-order valence-electron chi connectivity index (χ0n) is 18.8. The van der Waals surface area contributed by atoms with Crippen molar-refractivity contribution in [1.82, 2.24) is 4.57 Å². The number of rotatable bonds is 7. The topological polar surface area (TPSA) is 96.2 Å². The van der Waals surface area contributed by atoms with Crippen LogP contribution < -0.4 is 14.9 Å². The summed E-state index contributed by atoms with van der Waals surface area (Å²) in [5.74, 6) is -0.0333. The summed E-state index contributed by atoms with van der Waals surface area (Å²) in [5.41, 5.74) is 1.40. The van der Waals surface area contributed by atoms with Gasteiger partial charge < -0.3 is 28.6 Å². The van der Waals surface area contributed by atoms with Crippen molar-refractivity contribution in [2.45, 2.75) is 38.8 Å². The number of aromatic carboxylic acids is 1. The fraction of sp³-hybridized carbons (Fsp3) is 0.500. The summed E-state index contributed by atoms with van der Waals surface area (Å²) in [5, 5.41) is 9.52. The van der Waals surface area contributed by atoms with Gasteiger partial charge in [0, 0.05) is 42.8 Å². The number of pyridine rings is 1. The molecule has 0 aliphatic carbocycles. The van der Waals surface area contributed by atoms with E-state index in [2.05, 4.69) is 13.8 Å². The zero-order chi connectivity index (χ0) is 23.0. The Labute approximate surface area is 186 Å². The molecule has 0 amide bonds. The lowest BCUT2D eigenvalue weighted by Crippen LogP contribution is -2.37. The van der Waals surface area contributed by atoms with Crippen molar-refractivity contribution in [3.8, 4) is 22.8 Å². The van der Waals surface area contributed by atoms with Crippen molar-refractivity contribution in [3.63, 3.8) is 0 Å². The quantitative estimate of drug-likeness (QED) is 0.702. The highest BCUT2D eigenvalue weighted by Gasteiger charge is 2.37. The van der Waals surface area contributed by atoms with Crippen LogP contribution in [0.4, 0.5) is 0 Å². The van der Waals surface area contributed by atoms with Gasteiger partial charge in [-0.3, -0.25) is 4.79 Å². The van der Waals surface area contributed by atoms with E-state index in [9.17, 15) is 14.7 Å². The number of hydrogen-bond acceptors (Lipinski definition) is 6. The highest BCUT2D eigenvalue weighted by Crippen LogP contribution is 2.46. The molecule has 1 aromatic carbocycles. The van der Waals surface area contributed by atoms with Crippen LogP contribution in [0, 0.1) is 5.41 Å². The number of carbonyl (C=O) groups is 1. The van der Waals surface area contributed by atoms with Crippen molar-refractivity contribution >= 4 is 5.97 Å². The molecule has 2 aliphatic heterocycles. The van der Waals surface area contributed by atoms with Gasteiger partial charge in [-0.15, -0.1) is 0 Å². The summed E-state index contributed by atoms with van der Waals surface area (Å²) in [6.07, 6.45) is 2.87. The lowest BCUT2D eigenvalue weighted by atomic mass is 9.77. The van der Waals surface area contributed by atoms with E-state index in [1.165, 1.54) is 12.3 Å². The lowest BCUT2D eigenvalue weighted by molar-refractivity contribution is 0.0615. The van der Waals surface area contributed by atoms with Crippen molar-refractivity contribution in [1.29, 1.82) is 0 Å². The fourth-order valence-electron chi connectivity index (χ4n) is 4.66. The highest BCUT2D eigenvalue weighted by atomic mass is 16.6. The number of methoxy groups -OCH3 is 2. The average Bonchev–Trinajstić information content (AvgIpc) is 3.25. The van der Waals surface area contributed by atoms with Crippen LogP contribution >= 0.6 is 0 Å². The predicted molar refractivity (Wildman–Crippen MR) is 118 cm³/mol. The number of fused-ring (bicyclic) bond motifs is 3. The van der Waals surface area contributed by atoms with Gasteiger partial charge in [0.15, 0.2) is 16.9 Å². The molecule has 1 saturated heterocycles. The molecule has 0 radical (unpaired) electrons. The normalized spacial score (nSPS) is 19.9. The second-order valence-corrected chi connectivity index (χ2v) is 9.05. The van der Waals surface area contributed by atoms with Crippen LogP contribution in [0.15, 0.2) is 29.2 Å². The third-order valence-corrected chi connectivity index (χ3v) is 6.32. The molecule has 2 atom stereocenters. The number of nitrogens with zero attached hydrogens (tertiary/aromatic N) is 1. The molecule has 4 rings (SSSR count). The first-order chi connectivity index (χ1) is 15.2. The Bertz CT molecular complexity index is 1080. The number of carboxylic acids is 1. The average molecular weight is 443 g/mol. The van der Waals surface area contributed by atoms with E-state index >= 15 is 0 Å². The molecule has 1 aromatic heterocycles. The van der Waals surface area contributed by atoms with Crippen molar-refractivity contribution in [2.75, 3.05) is 34.0 Å². The summed E-state index contributed by atoms with van der Waals surface area (Å²) < 4.78 is 24.6. The van der Waals surface area contributed by atoms with Gasteiger partial charge in [0.2, 0.25) is 0 Å². The number of aromatic nitrogens is 1. The standard InChI is InChI=1S/C24H29NO7/c1-24(2,13-29-3)22-8-14-7-21(32-15-5-6-31-12-15)20(30-4)9-16(14)18-10-19(26)17(23(27)28)11-25(18)22/h7,9-11,15,22H,5-6,8,12-13H2,1-4H3,(H,27,28). The molecule has 0 saturated carbocycles. The van der Waals surface area contributed by atoms with Gasteiger partial charge in [-0.05, 0) is 24.1 Å². The van der Waals surface area contributed by atoms with E-state index in [0.29, 0.717) is 43.4 Å². The highest BCUT2D eigenvalue weighted by molar-refractivity contribution is 5.88. The van der Waals surface area contributed by atoms with E-state index in [0.717, 1.165) is 17.5 Å². The third-order valence-electron chi connectivity index (χ3n) is 6.32. The van der Waals surface area contributed by atoms with E-state index in [-0.39, 0.29) is 23.1 Å². The van der Waals surface area contributed by atoms with Crippen LogP contribution in [0.2, 0.25) is 0 Å². The molecular weight excluding hydrogens is 414 g/mol. The SMILES string of the molecule is COCC(C)(C)C1Cc2cc(OC3CCOC3)c(OC)cc2-c2cc(=O)c(C(=O)O)cn21. The molecule has 172 valence electrons. The maximum atomic E-state index is 12.6. The van der Waals surface area contributed by atoms with Gasteiger partial charge in [0.1, 0.15) is 11.7 Å². The Morgan fingerprint density at radius 1 is 1.25 bits per heavy atom. The monoisotopic (exact) mass is 443 g/mol. The van der Waals surface area contributed by atoms with Crippen molar-refractivity contribution in [3.05, 3.63) is 45.7 Å². The van der Waals surface area contributed by atoms with Crippen LogP contribution in [0.1, 0.15) is 42.2 Å². The summed E-state index contributed by atoms with van der Waals surface area (Å²) in [4.78, 5) is 24.2. The molecule has 32 heavy (non-hydrogen) atoms. The van der Waals surface area contributed by atoms with Crippen LogP contribution in [0.5, 0.6) is 11.5 Å². The summed E-state index contributed by atoms with van der Waals surface area (Å²) in [7, 11) is 3.22. The molecule has 0 bridgehead atoms.